The number of para-hydroxylation sites is 2. The first-order valence-electron chi connectivity index (χ1n) is 8.70. The molecule has 0 radical (unpaired) electrons. The maximum Gasteiger partial charge on any atom is 0.222 e. The van der Waals surface area contributed by atoms with Gasteiger partial charge < -0.3 is 9.88 Å². The first kappa shape index (κ1) is 16.9. The average molecular weight is 361 g/mol. The number of rotatable bonds is 6. The monoisotopic (exact) mass is 361 g/mol. The second-order valence-corrected chi connectivity index (χ2v) is 6.15. The van der Waals surface area contributed by atoms with Crippen LogP contribution in [0.2, 0.25) is 0 Å². The zero-order valence-corrected chi connectivity index (χ0v) is 14.9. The molecule has 3 aromatic heterocycles. The minimum Gasteiger partial charge on any atom is -0.352 e. The fourth-order valence-corrected chi connectivity index (χ4v) is 3.07. The molecule has 8 heteroatoms. The number of benzene rings is 1. The van der Waals surface area contributed by atoms with E-state index in [0.29, 0.717) is 25.3 Å². The molecule has 1 N–H and O–H groups in total. The summed E-state index contributed by atoms with van der Waals surface area (Å²) in [4.78, 5) is 25.2. The van der Waals surface area contributed by atoms with Crippen LogP contribution in [0, 0.1) is 6.92 Å². The zero-order valence-electron chi connectivity index (χ0n) is 14.9. The maximum atomic E-state index is 12.4. The van der Waals surface area contributed by atoms with Gasteiger partial charge in [0, 0.05) is 31.3 Å². The van der Waals surface area contributed by atoms with Gasteiger partial charge in [0.05, 0.1) is 11.0 Å². The molecule has 136 valence electrons. The van der Waals surface area contributed by atoms with Crippen LogP contribution in [0.25, 0.3) is 16.9 Å². The molecule has 0 saturated carbocycles. The molecule has 0 spiro atoms. The van der Waals surface area contributed by atoms with Crippen molar-refractivity contribution in [3.8, 4) is 5.82 Å². The SMILES string of the molecule is Cc1nc2ccccc2n1CCC(=O)NCc1cccnc1-n1cncn1. The summed E-state index contributed by atoms with van der Waals surface area (Å²) in [7, 11) is 0. The quantitative estimate of drug-likeness (QED) is 0.567. The van der Waals surface area contributed by atoms with Crippen LogP contribution in [0.4, 0.5) is 0 Å². The second-order valence-electron chi connectivity index (χ2n) is 6.15. The highest BCUT2D eigenvalue weighted by molar-refractivity contribution is 5.78. The number of hydrogen-bond acceptors (Lipinski definition) is 5. The minimum absolute atomic E-state index is 0.0272. The topological polar surface area (TPSA) is 90.5 Å². The van der Waals surface area contributed by atoms with Crippen molar-refractivity contribution in [1.82, 2.24) is 34.6 Å². The molecule has 4 rings (SSSR count). The number of pyridine rings is 1. The first-order chi connectivity index (χ1) is 13.2. The smallest absolute Gasteiger partial charge is 0.222 e. The van der Waals surface area contributed by atoms with Crippen LogP contribution in [0.3, 0.4) is 0 Å². The molecular formula is C19H19N7O. The van der Waals surface area contributed by atoms with E-state index in [1.165, 1.54) is 6.33 Å². The Kier molecular flexibility index (Phi) is 4.61. The van der Waals surface area contributed by atoms with Crippen molar-refractivity contribution in [2.45, 2.75) is 26.4 Å². The van der Waals surface area contributed by atoms with Gasteiger partial charge in [0.15, 0.2) is 5.82 Å². The molecule has 0 atom stereocenters. The predicted molar refractivity (Wildman–Crippen MR) is 100 cm³/mol. The Hall–Kier alpha value is -3.55. The lowest BCUT2D eigenvalue weighted by Crippen LogP contribution is -2.25. The van der Waals surface area contributed by atoms with E-state index in [-0.39, 0.29) is 5.91 Å². The van der Waals surface area contributed by atoms with E-state index in [1.807, 2.05) is 43.3 Å². The lowest BCUT2D eigenvalue weighted by Gasteiger charge is -2.10. The Morgan fingerprint density at radius 2 is 2.07 bits per heavy atom. The van der Waals surface area contributed by atoms with Crippen molar-refractivity contribution >= 4 is 16.9 Å². The summed E-state index contributed by atoms with van der Waals surface area (Å²) in [5.74, 6) is 1.54. The van der Waals surface area contributed by atoms with E-state index < -0.39 is 0 Å². The van der Waals surface area contributed by atoms with E-state index >= 15 is 0 Å². The Balaban J connectivity index is 1.40. The van der Waals surface area contributed by atoms with Crippen molar-refractivity contribution in [3.63, 3.8) is 0 Å². The molecule has 3 heterocycles. The third-order valence-corrected chi connectivity index (χ3v) is 4.39. The molecule has 1 amide bonds. The zero-order chi connectivity index (χ0) is 18.6. The van der Waals surface area contributed by atoms with Crippen LogP contribution in [0.5, 0.6) is 0 Å². The average Bonchev–Trinajstić information content (AvgIpc) is 3.32. The van der Waals surface area contributed by atoms with E-state index in [2.05, 4.69) is 29.9 Å². The van der Waals surface area contributed by atoms with Crippen molar-refractivity contribution in [3.05, 3.63) is 66.6 Å². The standard InChI is InChI=1S/C19H19N7O/c1-14-24-16-6-2-3-7-17(16)25(14)10-8-18(27)22-11-15-5-4-9-21-19(15)26-13-20-12-23-26/h2-7,9,12-13H,8,10-11H2,1H3,(H,22,27). The molecule has 1 aromatic carbocycles. The Bertz CT molecular complexity index is 1070. The molecule has 0 aliphatic carbocycles. The van der Waals surface area contributed by atoms with Crippen LogP contribution in [0.15, 0.2) is 55.2 Å². The summed E-state index contributed by atoms with van der Waals surface area (Å²) in [6, 6.07) is 11.7. The molecule has 0 fully saturated rings. The lowest BCUT2D eigenvalue weighted by atomic mass is 10.2. The number of aryl methyl sites for hydroxylation is 2. The molecule has 4 aromatic rings. The van der Waals surface area contributed by atoms with Gasteiger partial charge in [-0.1, -0.05) is 18.2 Å². The van der Waals surface area contributed by atoms with Crippen LogP contribution < -0.4 is 5.32 Å². The highest BCUT2D eigenvalue weighted by Crippen LogP contribution is 2.16. The lowest BCUT2D eigenvalue weighted by molar-refractivity contribution is -0.121. The van der Waals surface area contributed by atoms with Crippen LogP contribution in [0.1, 0.15) is 17.8 Å². The highest BCUT2D eigenvalue weighted by atomic mass is 16.1. The van der Waals surface area contributed by atoms with E-state index in [1.54, 1.807) is 17.2 Å². The number of fused-ring (bicyclic) bond motifs is 1. The van der Waals surface area contributed by atoms with Gasteiger partial charge in [0.2, 0.25) is 5.91 Å². The second kappa shape index (κ2) is 7.36. The van der Waals surface area contributed by atoms with Gasteiger partial charge in [-0.05, 0) is 25.1 Å². The summed E-state index contributed by atoms with van der Waals surface area (Å²) in [6.07, 6.45) is 5.10. The Morgan fingerprint density at radius 3 is 2.93 bits per heavy atom. The molecule has 0 saturated heterocycles. The predicted octanol–water partition coefficient (Wildman–Crippen LogP) is 2.03. The third-order valence-electron chi connectivity index (χ3n) is 4.39. The number of nitrogens with zero attached hydrogens (tertiary/aromatic N) is 6. The van der Waals surface area contributed by atoms with Crippen LogP contribution in [-0.4, -0.2) is 35.2 Å². The molecule has 0 bridgehead atoms. The van der Waals surface area contributed by atoms with E-state index in [0.717, 1.165) is 22.4 Å². The third kappa shape index (κ3) is 3.55. The van der Waals surface area contributed by atoms with Crippen molar-refractivity contribution in [2.24, 2.45) is 0 Å². The van der Waals surface area contributed by atoms with Crippen molar-refractivity contribution in [1.29, 1.82) is 0 Å². The van der Waals surface area contributed by atoms with Gasteiger partial charge in [0.1, 0.15) is 18.5 Å². The number of carbonyl (C=O) groups excluding carboxylic acids is 1. The Labute approximate surface area is 155 Å². The summed E-state index contributed by atoms with van der Waals surface area (Å²) < 4.78 is 3.66. The molecule has 0 aliphatic rings. The number of amides is 1. The normalized spacial score (nSPS) is 11.0. The maximum absolute atomic E-state index is 12.4. The van der Waals surface area contributed by atoms with Crippen LogP contribution >= 0.6 is 0 Å². The number of hydrogen-bond donors (Lipinski definition) is 1. The molecule has 8 nitrogen and oxygen atoms in total. The van der Waals surface area contributed by atoms with Gasteiger partial charge in [-0.15, -0.1) is 0 Å². The summed E-state index contributed by atoms with van der Waals surface area (Å²) in [5, 5.41) is 7.06. The largest absolute Gasteiger partial charge is 0.352 e. The van der Waals surface area contributed by atoms with Crippen LogP contribution in [-0.2, 0) is 17.9 Å². The number of carbonyl (C=O) groups is 1. The van der Waals surface area contributed by atoms with Crippen molar-refractivity contribution in [2.75, 3.05) is 0 Å². The van der Waals surface area contributed by atoms with Crippen molar-refractivity contribution < 1.29 is 4.79 Å². The molecule has 0 aliphatic heterocycles. The minimum atomic E-state index is -0.0272. The summed E-state index contributed by atoms with van der Waals surface area (Å²) >= 11 is 0. The summed E-state index contributed by atoms with van der Waals surface area (Å²) in [6.45, 7) is 2.92. The van der Waals surface area contributed by atoms with E-state index in [9.17, 15) is 4.79 Å². The van der Waals surface area contributed by atoms with Gasteiger partial charge in [0.25, 0.3) is 0 Å². The number of nitrogens with one attached hydrogen (secondary N) is 1. The number of imidazole rings is 1. The molecule has 27 heavy (non-hydrogen) atoms. The first-order valence-corrected chi connectivity index (χ1v) is 8.70. The van der Waals surface area contributed by atoms with E-state index in [4.69, 9.17) is 0 Å². The van der Waals surface area contributed by atoms with Gasteiger partial charge in [-0.3, -0.25) is 4.79 Å². The van der Waals surface area contributed by atoms with Gasteiger partial charge in [-0.25, -0.2) is 19.6 Å². The molecule has 0 unspecified atom stereocenters. The fraction of sp³-hybridized carbons (Fsp3) is 0.211. The van der Waals surface area contributed by atoms with Gasteiger partial charge >= 0.3 is 0 Å². The Morgan fingerprint density at radius 1 is 1.19 bits per heavy atom. The van der Waals surface area contributed by atoms with Gasteiger partial charge in [-0.2, -0.15) is 5.10 Å². The fourth-order valence-electron chi connectivity index (χ4n) is 3.07. The highest BCUT2D eigenvalue weighted by Gasteiger charge is 2.11. The number of aromatic nitrogens is 6. The summed E-state index contributed by atoms with van der Waals surface area (Å²) in [5.41, 5.74) is 2.87. The molecular weight excluding hydrogens is 342 g/mol.